The van der Waals surface area contributed by atoms with Crippen LogP contribution in [0.25, 0.3) is 0 Å². The first-order chi connectivity index (χ1) is 18.4. The summed E-state index contributed by atoms with van der Waals surface area (Å²) in [7, 11) is 0. The smallest absolute Gasteiger partial charge is 0.322 e. The molecule has 0 saturated heterocycles. The average molecular weight is 576 g/mol. The molecule has 2 atom stereocenters. The molecule has 3 aromatic rings. The van der Waals surface area contributed by atoms with Gasteiger partial charge in [0.05, 0.1) is 21.4 Å². The number of benzene rings is 2. The lowest BCUT2D eigenvalue weighted by atomic mass is 9.52. The summed E-state index contributed by atoms with van der Waals surface area (Å²) >= 11 is 3.33. The lowest BCUT2D eigenvalue weighted by Gasteiger charge is -2.58. The van der Waals surface area contributed by atoms with Crippen molar-refractivity contribution in [3.05, 3.63) is 65.4 Å². The van der Waals surface area contributed by atoms with Crippen molar-refractivity contribution in [2.75, 3.05) is 22.9 Å². The number of aliphatic hydroxyl groups is 1. The lowest BCUT2D eigenvalue weighted by molar-refractivity contribution is -0.136. The van der Waals surface area contributed by atoms with Crippen molar-refractivity contribution in [2.24, 2.45) is 17.8 Å². The summed E-state index contributed by atoms with van der Waals surface area (Å²) in [6.45, 7) is 1.27. The molecular formula is C29H30BrN5O3. The molecule has 8 nitrogen and oxygen atoms in total. The molecule has 1 aromatic heterocycles. The Morgan fingerprint density at radius 1 is 0.974 bits per heavy atom. The molecule has 2 aromatic carbocycles. The van der Waals surface area contributed by atoms with Gasteiger partial charge in [0.2, 0.25) is 0 Å². The van der Waals surface area contributed by atoms with Crippen LogP contribution in [0.15, 0.2) is 65.4 Å². The molecule has 5 aliphatic rings. The van der Waals surface area contributed by atoms with Crippen LogP contribution in [-0.4, -0.2) is 45.8 Å². The zero-order chi connectivity index (χ0) is 25.9. The molecule has 0 radical (unpaired) electrons. The summed E-state index contributed by atoms with van der Waals surface area (Å²) < 4.78 is 6.57. The largest absolute Gasteiger partial charge is 0.424 e. The quantitative estimate of drug-likeness (QED) is 0.418. The topological polar surface area (TPSA) is 90.8 Å². The van der Waals surface area contributed by atoms with E-state index in [9.17, 15) is 9.90 Å². The van der Waals surface area contributed by atoms with Gasteiger partial charge in [-0.05, 0) is 102 Å². The maximum Gasteiger partial charge on any atom is 0.322 e. The van der Waals surface area contributed by atoms with Gasteiger partial charge in [-0.15, -0.1) is 0 Å². The van der Waals surface area contributed by atoms with E-state index in [1.54, 1.807) is 12.4 Å². The summed E-state index contributed by atoms with van der Waals surface area (Å²) in [6.07, 6.45) is 8.14. The summed E-state index contributed by atoms with van der Waals surface area (Å²) in [5, 5.41) is 14.3. The third-order valence-corrected chi connectivity index (χ3v) is 9.15. The standard InChI is InChI=1S/C29H30BrN5O3/c30-21-16-31-27(32-17-21)38-23-7-5-22(6-8-23)34-9-10-35(25-4-2-1-3-24(25)34)28(36)33-26-19-11-18-12-20(26)15-29(37,13-18)14-19/h1-8,16-20,26,37H,9-15H2,(H,33,36). The second kappa shape index (κ2) is 9.24. The van der Waals surface area contributed by atoms with Crippen LogP contribution in [0, 0.1) is 17.8 Å². The van der Waals surface area contributed by atoms with Gasteiger partial charge in [0.25, 0.3) is 0 Å². The second-order valence-corrected chi connectivity index (χ2v) is 12.2. The molecule has 9 heteroatoms. The zero-order valence-corrected chi connectivity index (χ0v) is 22.5. The van der Waals surface area contributed by atoms with Crippen molar-refractivity contribution < 1.29 is 14.6 Å². The Bertz CT molecular complexity index is 1340. The van der Waals surface area contributed by atoms with Gasteiger partial charge < -0.3 is 20.1 Å². The summed E-state index contributed by atoms with van der Waals surface area (Å²) in [5.74, 6) is 2.04. The molecule has 0 spiro atoms. The van der Waals surface area contributed by atoms with Crippen LogP contribution in [0.2, 0.25) is 0 Å². The van der Waals surface area contributed by atoms with Crippen molar-refractivity contribution in [3.8, 4) is 11.8 Å². The van der Waals surface area contributed by atoms with Gasteiger partial charge in [0, 0.05) is 37.2 Å². The van der Waals surface area contributed by atoms with E-state index in [0.717, 1.165) is 53.6 Å². The number of nitrogens with zero attached hydrogens (tertiary/aromatic N) is 4. The number of para-hydroxylation sites is 2. The van der Waals surface area contributed by atoms with Crippen LogP contribution < -0.4 is 19.9 Å². The number of carbonyl (C=O) groups is 1. The summed E-state index contributed by atoms with van der Waals surface area (Å²) in [4.78, 5) is 26.1. The zero-order valence-electron chi connectivity index (χ0n) is 21.0. The van der Waals surface area contributed by atoms with Crippen LogP contribution in [0.3, 0.4) is 0 Å². The number of rotatable bonds is 4. The molecule has 4 aliphatic carbocycles. The number of urea groups is 1. The maximum atomic E-state index is 13.6. The highest BCUT2D eigenvalue weighted by Gasteiger charge is 2.55. The number of halogens is 1. The fourth-order valence-corrected chi connectivity index (χ4v) is 7.64. The average Bonchev–Trinajstić information content (AvgIpc) is 2.91. The SMILES string of the molecule is O=C(NC1C2CC3CC1CC(O)(C3)C2)N1CCN(c2ccc(Oc3ncc(Br)cn3)cc2)c2ccccc21. The molecule has 8 rings (SSSR count). The molecule has 38 heavy (non-hydrogen) atoms. The first kappa shape index (κ1) is 23.9. The van der Waals surface area contributed by atoms with E-state index in [1.165, 1.54) is 0 Å². The van der Waals surface area contributed by atoms with Crippen molar-refractivity contribution in [1.29, 1.82) is 0 Å². The molecule has 4 saturated carbocycles. The highest BCUT2D eigenvalue weighted by Crippen LogP contribution is 2.55. The number of fused-ring (bicyclic) bond motifs is 1. The number of aromatic nitrogens is 2. The summed E-state index contributed by atoms with van der Waals surface area (Å²) in [5.41, 5.74) is 2.43. The van der Waals surface area contributed by atoms with Gasteiger partial charge >= 0.3 is 12.0 Å². The molecular weight excluding hydrogens is 546 g/mol. The van der Waals surface area contributed by atoms with E-state index in [-0.39, 0.29) is 12.1 Å². The van der Waals surface area contributed by atoms with Gasteiger partial charge in [-0.2, -0.15) is 0 Å². The minimum absolute atomic E-state index is 0.0280. The normalized spacial score (nSPS) is 29.2. The highest BCUT2D eigenvalue weighted by atomic mass is 79.9. The van der Waals surface area contributed by atoms with Crippen molar-refractivity contribution in [2.45, 2.75) is 43.7 Å². The van der Waals surface area contributed by atoms with Gasteiger partial charge in [-0.25, -0.2) is 14.8 Å². The van der Waals surface area contributed by atoms with E-state index in [0.29, 0.717) is 42.6 Å². The van der Waals surface area contributed by atoms with Gasteiger partial charge in [-0.3, -0.25) is 4.90 Å². The van der Waals surface area contributed by atoms with Crippen LogP contribution in [0.5, 0.6) is 11.8 Å². The third-order valence-electron chi connectivity index (χ3n) is 8.74. The third kappa shape index (κ3) is 4.31. The van der Waals surface area contributed by atoms with E-state index in [1.807, 2.05) is 47.4 Å². The number of amides is 2. The van der Waals surface area contributed by atoms with E-state index in [2.05, 4.69) is 42.2 Å². The first-order valence-corrected chi connectivity index (χ1v) is 14.2. The predicted molar refractivity (Wildman–Crippen MR) is 148 cm³/mol. The minimum atomic E-state index is -0.498. The monoisotopic (exact) mass is 575 g/mol. The van der Waals surface area contributed by atoms with Crippen LogP contribution in [0.4, 0.5) is 21.9 Å². The van der Waals surface area contributed by atoms with Crippen molar-refractivity contribution in [1.82, 2.24) is 15.3 Å². The number of hydrogen-bond acceptors (Lipinski definition) is 6. The molecule has 2 amide bonds. The molecule has 196 valence electrons. The van der Waals surface area contributed by atoms with Crippen LogP contribution >= 0.6 is 15.9 Å². The Kier molecular flexibility index (Phi) is 5.81. The second-order valence-electron chi connectivity index (χ2n) is 11.2. The highest BCUT2D eigenvalue weighted by molar-refractivity contribution is 9.10. The molecule has 1 aliphatic heterocycles. The van der Waals surface area contributed by atoms with Gasteiger partial charge in [0.1, 0.15) is 5.75 Å². The van der Waals surface area contributed by atoms with Crippen LogP contribution in [-0.2, 0) is 0 Å². The molecule has 4 bridgehead atoms. The Morgan fingerprint density at radius 2 is 1.66 bits per heavy atom. The molecule has 4 fully saturated rings. The predicted octanol–water partition coefficient (Wildman–Crippen LogP) is 5.64. The maximum absolute atomic E-state index is 13.6. The van der Waals surface area contributed by atoms with E-state index >= 15 is 0 Å². The number of hydrogen-bond donors (Lipinski definition) is 2. The first-order valence-electron chi connectivity index (χ1n) is 13.4. The minimum Gasteiger partial charge on any atom is -0.424 e. The molecule has 2 N–H and O–H groups in total. The molecule has 2 heterocycles. The number of anilines is 3. The van der Waals surface area contributed by atoms with Gasteiger partial charge in [0.15, 0.2) is 0 Å². The van der Waals surface area contributed by atoms with Crippen molar-refractivity contribution in [3.63, 3.8) is 0 Å². The number of ether oxygens (including phenoxy) is 1. The van der Waals surface area contributed by atoms with E-state index < -0.39 is 5.60 Å². The number of carbonyl (C=O) groups excluding carboxylic acids is 1. The molecule has 2 unspecified atom stereocenters. The Morgan fingerprint density at radius 3 is 2.34 bits per heavy atom. The van der Waals surface area contributed by atoms with E-state index in [4.69, 9.17) is 4.74 Å². The fraction of sp³-hybridized carbons (Fsp3) is 0.414. The van der Waals surface area contributed by atoms with Crippen LogP contribution in [0.1, 0.15) is 32.1 Å². The lowest BCUT2D eigenvalue weighted by Crippen LogP contribution is -2.63. The number of nitrogens with one attached hydrogen (secondary N) is 1. The summed E-state index contributed by atoms with van der Waals surface area (Å²) in [6, 6.07) is 16.3. The fourth-order valence-electron chi connectivity index (χ4n) is 7.43. The Labute approximate surface area is 230 Å². The van der Waals surface area contributed by atoms with Gasteiger partial charge in [-0.1, -0.05) is 12.1 Å². The Hall–Kier alpha value is -3.17. The Balaban J connectivity index is 1.07. The van der Waals surface area contributed by atoms with Crippen molar-refractivity contribution >= 4 is 39.0 Å².